The first kappa shape index (κ1) is 24.5. The number of benzene rings is 3. The molecule has 1 unspecified atom stereocenters. The molecule has 0 spiro atoms. The fourth-order valence-corrected chi connectivity index (χ4v) is 4.20. The summed E-state index contributed by atoms with van der Waals surface area (Å²) < 4.78 is 16.7. The minimum absolute atomic E-state index is 0.0816. The maximum atomic E-state index is 13.4. The number of esters is 1. The van der Waals surface area contributed by atoms with Gasteiger partial charge in [0.1, 0.15) is 11.3 Å². The molecule has 37 heavy (non-hydrogen) atoms. The Balaban J connectivity index is 1.31. The van der Waals surface area contributed by atoms with Crippen molar-refractivity contribution < 1.29 is 23.5 Å². The van der Waals surface area contributed by atoms with Crippen LogP contribution < -0.4 is 10.1 Å². The number of hydrogen-bond acceptors (Lipinski definition) is 8. The normalized spacial score (nSPS) is 14.4. The van der Waals surface area contributed by atoms with Crippen LogP contribution in [0.3, 0.4) is 0 Å². The van der Waals surface area contributed by atoms with Gasteiger partial charge in [0.25, 0.3) is 6.01 Å². The Kier molecular flexibility index (Phi) is 7.18. The van der Waals surface area contributed by atoms with Gasteiger partial charge in [-0.05, 0) is 73.4 Å². The van der Waals surface area contributed by atoms with Gasteiger partial charge in [0.05, 0.1) is 12.7 Å². The van der Waals surface area contributed by atoms with Gasteiger partial charge in [-0.3, -0.25) is 9.69 Å². The summed E-state index contributed by atoms with van der Waals surface area (Å²) in [6.45, 7) is 3.25. The van der Waals surface area contributed by atoms with Crippen LogP contribution >= 0.6 is 0 Å². The second-order valence-corrected chi connectivity index (χ2v) is 8.82. The molecule has 188 valence electrons. The third kappa shape index (κ3) is 5.65. The molecule has 0 saturated carbocycles. The summed E-state index contributed by atoms with van der Waals surface area (Å²) in [6.07, 6.45) is 3.42. The van der Waals surface area contributed by atoms with Crippen LogP contribution in [0.2, 0.25) is 0 Å². The molecule has 8 nitrogen and oxygen atoms in total. The van der Waals surface area contributed by atoms with Crippen molar-refractivity contribution in [1.29, 1.82) is 0 Å². The molecule has 0 amide bonds. The lowest BCUT2D eigenvalue weighted by Crippen LogP contribution is -2.44. The smallest absolute Gasteiger partial charge is 0.337 e. The summed E-state index contributed by atoms with van der Waals surface area (Å²) in [7, 11) is 1.33. The highest BCUT2D eigenvalue weighted by molar-refractivity contribution is 5.89. The Morgan fingerprint density at radius 3 is 2.54 bits per heavy atom. The van der Waals surface area contributed by atoms with Gasteiger partial charge in [0, 0.05) is 25.2 Å². The monoisotopic (exact) mass is 497 g/mol. The van der Waals surface area contributed by atoms with Crippen LogP contribution in [0.25, 0.3) is 11.1 Å². The number of methoxy groups -OCH3 is 1. The summed E-state index contributed by atoms with van der Waals surface area (Å²) in [5.41, 5.74) is 4.53. The maximum Gasteiger partial charge on any atom is 0.337 e. The Labute approximate surface area is 215 Å². The molecule has 1 fully saturated rings. The number of oxazole rings is 1. The predicted molar refractivity (Wildman–Crippen MR) is 140 cm³/mol. The number of nitrogens with zero attached hydrogens (tertiary/aromatic N) is 2. The van der Waals surface area contributed by atoms with E-state index in [0.717, 1.165) is 16.8 Å². The van der Waals surface area contributed by atoms with Gasteiger partial charge < -0.3 is 19.2 Å². The first-order valence-electron chi connectivity index (χ1n) is 12.0. The first-order chi connectivity index (χ1) is 18.0. The van der Waals surface area contributed by atoms with Crippen molar-refractivity contribution in [2.45, 2.75) is 19.6 Å². The molecule has 3 aromatic carbocycles. The van der Waals surface area contributed by atoms with Crippen molar-refractivity contribution in [3.8, 4) is 5.75 Å². The second kappa shape index (κ2) is 10.8. The molecule has 1 atom stereocenters. The van der Waals surface area contributed by atoms with Gasteiger partial charge >= 0.3 is 5.97 Å². The highest BCUT2D eigenvalue weighted by Crippen LogP contribution is 2.26. The average molecular weight is 498 g/mol. The summed E-state index contributed by atoms with van der Waals surface area (Å²) >= 11 is 0. The topological polar surface area (TPSA) is 93.9 Å². The minimum atomic E-state index is -0.773. The molecular weight excluding hydrogens is 470 g/mol. The van der Waals surface area contributed by atoms with Crippen molar-refractivity contribution in [1.82, 2.24) is 9.88 Å². The number of anilines is 2. The van der Waals surface area contributed by atoms with Gasteiger partial charge in [0.2, 0.25) is 6.23 Å². The number of fused-ring (bicyclic) bond motifs is 1. The molecule has 1 aromatic heterocycles. The van der Waals surface area contributed by atoms with E-state index >= 15 is 0 Å². The third-order valence-corrected chi connectivity index (χ3v) is 6.19. The summed E-state index contributed by atoms with van der Waals surface area (Å²) in [4.78, 5) is 31.7. The fourth-order valence-electron chi connectivity index (χ4n) is 4.20. The van der Waals surface area contributed by atoms with Crippen LogP contribution in [0, 0.1) is 19.8 Å². The largest absolute Gasteiger partial charge is 0.468 e. The Hall–Kier alpha value is -4.17. The summed E-state index contributed by atoms with van der Waals surface area (Å²) in [6, 6.07) is 20.4. The Morgan fingerprint density at radius 2 is 1.81 bits per heavy atom. The van der Waals surface area contributed by atoms with Crippen LogP contribution in [0.4, 0.5) is 11.7 Å². The highest BCUT2D eigenvalue weighted by atomic mass is 16.5. The van der Waals surface area contributed by atoms with E-state index in [9.17, 15) is 9.59 Å². The molecule has 0 bridgehead atoms. The zero-order valence-corrected chi connectivity index (χ0v) is 20.6. The molecule has 4 aromatic rings. The number of para-hydroxylation sites is 1. The van der Waals surface area contributed by atoms with E-state index in [2.05, 4.69) is 10.3 Å². The van der Waals surface area contributed by atoms with Gasteiger partial charge in [0.15, 0.2) is 11.4 Å². The summed E-state index contributed by atoms with van der Waals surface area (Å²) in [5.74, 6) is -0.0120. The van der Waals surface area contributed by atoms with E-state index in [1.807, 2.05) is 67.1 Å². The second-order valence-electron chi connectivity index (χ2n) is 8.82. The molecule has 5 rings (SSSR count). The standard InChI is InChI=1S/C29H27N3O5/c1-19-7-3-4-8-23(19)30-29-31-24-17-20(9-14-26(24)37-29)18-25(33)27(32-15-5-6-16-32)36-22-12-10-21(11-13-22)28(34)35-2/h3-14,17,27H,15-16,18H2,1-2H3,(H,30,31). The quantitative estimate of drug-likeness (QED) is 0.326. The molecule has 8 heteroatoms. The van der Waals surface area contributed by atoms with Gasteiger partial charge in [-0.15, -0.1) is 0 Å². The minimum Gasteiger partial charge on any atom is -0.468 e. The number of likely N-dealkylation sites (tertiary alicyclic amines) is 1. The number of aromatic nitrogens is 1. The van der Waals surface area contributed by atoms with Crippen molar-refractivity contribution >= 4 is 34.6 Å². The Bertz CT molecular complexity index is 1410. The number of hydrogen-bond donors (Lipinski definition) is 1. The molecule has 1 saturated heterocycles. The SMILES string of the molecule is COC(=O)c1ccc(OC(C(=O)Cc2ccc3oc(Nc4ccccc4C)nc3c2)N2C[CH][CH]C2)cc1. The highest BCUT2D eigenvalue weighted by Gasteiger charge is 2.30. The lowest BCUT2D eigenvalue weighted by molar-refractivity contribution is -0.132. The van der Waals surface area contributed by atoms with Crippen LogP contribution in [0.1, 0.15) is 21.5 Å². The van der Waals surface area contributed by atoms with Gasteiger partial charge in [-0.1, -0.05) is 24.3 Å². The number of aryl methyl sites for hydroxylation is 1. The number of ketones is 1. The molecule has 1 aliphatic heterocycles. The number of carbonyl (C=O) groups excluding carboxylic acids is 2. The van der Waals surface area contributed by atoms with E-state index in [0.29, 0.717) is 41.5 Å². The van der Waals surface area contributed by atoms with E-state index in [-0.39, 0.29) is 12.2 Å². The number of rotatable bonds is 9. The lowest BCUT2D eigenvalue weighted by Gasteiger charge is -2.27. The van der Waals surface area contributed by atoms with E-state index in [1.165, 1.54) is 7.11 Å². The van der Waals surface area contributed by atoms with Crippen molar-refractivity contribution in [3.05, 3.63) is 96.3 Å². The van der Waals surface area contributed by atoms with Crippen LogP contribution in [0.15, 0.2) is 71.1 Å². The molecule has 0 aliphatic carbocycles. The molecule has 1 N–H and O–H groups in total. The summed E-state index contributed by atoms with van der Waals surface area (Å²) in [5, 5.41) is 3.21. The number of ether oxygens (including phenoxy) is 2. The predicted octanol–water partition coefficient (Wildman–Crippen LogP) is 4.91. The number of Topliss-reactive ketones (excluding diaryl/α,β-unsaturated/α-hetero) is 1. The van der Waals surface area contributed by atoms with Crippen molar-refractivity contribution in [2.24, 2.45) is 0 Å². The number of nitrogens with one attached hydrogen (secondary N) is 1. The Morgan fingerprint density at radius 1 is 1.05 bits per heavy atom. The van der Waals surface area contributed by atoms with Gasteiger partial charge in [-0.2, -0.15) is 4.98 Å². The maximum absolute atomic E-state index is 13.4. The van der Waals surface area contributed by atoms with Crippen molar-refractivity contribution in [2.75, 3.05) is 25.5 Å². The zero-order chi connectivity index (χ0) is 25.8. The van der Waals surface area contributed by atoms with Crippen LogP contribution in [0.5, 0.6) is 5.75 Å². The molecule has 2 heterocycles. The van der Waals surface area contributed by atoms with Crippen LogP contribution in [-0.2, 0) is 16.0 Å². The zero-order valence-electron chi connectivity index (χ0n) is 20.6. The van der Waals surface area contributed by atoms with E-state index in [1.54, 1.807) is 24.3 Å². The molecular formula is C29H27N3O5. The molecule has 1 aliphatic rings. The van der Waals surface area contributed by atoms with Gasteiger partial charge in [-0.25, -0.2) is 4.79 Å². The van der Waals surface area contributed by atoms with E-state index in [4.69, 9.17) is 13.9 Å². The fraction of sp³-hybridized carbons (Fsp3) is 0.207. The van der Waals surface area contributed by atoms with E-state index < -0.39 is 12.2 Å². The van der Waals surface area contributed by atoms with Crippen LogP contribution in [-0.4, -0.2) is 48.1 Å². The third-order valence-electron chi connectivity index (χ3n) is 6.19. The number of carbonyl (C=O) groups is 2. The first-order valence-corrected chi connectivity index (χ1v) is 12.0. The molecule has 2 radical (unpaired) electrons. The lowest BCUT2D eigenvalue weighted by atomic mass is 10.1. The average Bonchev–Trinajstić information content (AvgIpc) is 3.58. The van der Waals surface area contributed by atoms with Crippen molar-refractivity contribution in [3.63, 3.8) is 0 Å².